The molecule has 0 radical (unpaired) electrons. The highest BCUT2D eigenvalue weighted by molar-refractivity contribution is 7.94. The number of benzene rings is 2. The molecule has 0 fully saturated rings. The number of aromatic carboxylic acids is 1. The Morgan fingerprint density at radius 2 is 1.97 bits per heavy atom. The van der Waals surface area contributed by atoms with Crippen LogP contribution in [0.4, 0.5) is 0 Å². The predicted molar refractivity (Wildman–Crippen MR) is 122 cm³/mol. The summed E-state index contributed by atoms with van der Waals surface area (Å²) >= 11 is 1.06. The molecule has 0 unspecified atom stereocenters. The summed E-state index contributed by atoms with van der Waals surface area (Å²) in [5.74, 6) is -0.122. The van der Waals surface area contributed by atoms with Gasteiger partial charge in [-0.05, 0) is 31.5 Å². The molecule has 0 spiro atoms. The molecule has 0 aliphatic heterocycles. The van der Waals surface area contributed by atoms with Crippen molar-refractivity contribution in [3.8, 4) is 22.8 Å². The first kappa shape index (κ1) is 23.2. The van der Waals surface area contributed by atoms with Crippen molar-refractivity contribution in [2.24, 2.45) is 5.16 Å². The smallest absolute Gasteiger partial charge is 0.339 e. The fourth-order valence-electron chi connectivity index (χ4n) is 2.71. The number of carbonyl (C=O) groups is 1. The van der Waals surface area contributed by atoms with E-state index in [1.807, 2.05) is 38.1 Å². The molecule has 0 aliphatic rings. The number of rotatable bonds is 11. The maximum absolute atomic E-state index is 11.5. The van der Waals surface area contributed by atoms with E-state index in [0.29, 0.717) is 29.5 Å². The predicted octanol–water partition coefficient (Wildman–Crippen LogP) is 5.21. The number of aryl methyl sites for hydroxylation is 1. The van der Waals surface area contributed by atoms with E-state index in [1.54, 1.807) is 24.5 Å². The first-order chi connectivity index (χ1) is 15.5. The summed E-state index contributed by atoms with van der Waals surface area (Å²) < 4.78 is 16.5. The highest BCUT2D eigenvalue weighted by atomic mass is 32.2. The van der Waals surface area contributed by atoms with Crippen molar-refractivity contribution in [2.75, 3.05) is 19.5 Å². The topological polar surface area (TPSA) is 103 Å². The Labute approximate surface area is 190 Å². The van der Waals surface area contributed by atoms with Crippen molar-refractivity contribution >= 4 is 23.7 Å². The SMILES string of the molecule is CCCO/N=C(\COc1ccc(OSC)c(C(=O)O)c1)c1cc(-c2ccc(C)cc2)no1. The summed E-state index contributed by atoms with van der Waals surface area (Å²) in [6, 6.07) is 14.3. The molecule has 3 rings (SSSR count). The molecule has 0 aliphatic carbocycles. The van der Waals surface area contributed by atoms with Gasteiger partial charge in [0.15, 0.2) is 17.2 Å². The monoisotopic (exact) mass is 456 g/mol. The van der Waals surface area contributed by atoms with Crippen LogP contribution in [-0.4, -0.2) is 41.4 Å². The van der Waals surface area contributed by atoms with Crippen molar-refractivity contribution in [3.05, 3.63) is 65.4 Å². The largest absolute Gasteiger partial charge is 0.487 e. The molecule has 8 nitrogen and oxygen atoms in total. The van der Waals surface area contributed by atoms with E-state index >= 15 is 0 Å². The number of carboxylic acid groups (broad SMARTS) is 1. The Hall–Kier alpha value is -3.46. The fourth-order valence-corrected chi connectivity index (χ4v) is 3.03. The van der Waals surface area contributed by atoms with Crippen molar-refractivity contribution in [2.45, 2.75) is 20.3 Å². The van der Waals surface area contributed by atoms with Gasteiger partial charge in [-0.2, -0.15) is 0 Å². The third-order valence-corrected chi connectivity index (χ3v) is 4.69. The molecule has 0 amide bonds. The number of ether oxygens (including phenoxy) is 1. The minimum Gasteiger partial charge on any atom is -0.487 e. The lowest BCUT2D eigenvalue weighted by molar-refractivity contribution is 0.0694. The summed E-state index contributed by atoms with van der Waals surface area (Å²) in [5, 5.41) is 17.7. The standard InChI is InChI=1S/C23H24N2O6S/c1-4-11-29-24-20(22-13-19(25-30-22)16-7-5-15(2)6-8-16)14-28-17-9-10-21(31-32-3)18(12-17)23(26)27/h5-10,12-13H,4,11,14H2,1-3H3,(H,26,27)/b24-20+. The number of carboxylic acids is 1. The van der Waals surface area contributed by atoms with Gasteiger partial charge < -0.3 is 23.4 Å². The van der Waals surface area contributed by atoms with Crippen molar-refractivity contribution in [1.29, 1.82) is 0 Å². The van der Waals surface area contributed by atoms with Gasteiger partial charge in [0.1, 0.15) is 30.2 Å². The van der Waals surface area contributed by atoms with E-state index in [-0.39, 0.29) is 17.9 Å². The van der Waals surface area contributed by atoms with E-state index in [0.717, 1.165) is 29.6 Å². The van der Waals surface area contributed by atoms with Crippen molar-refractivity contribution < 1.29 is 28.2 Å². The zero-order valence-corrected chi connectivity index (χ0v) is 18.8. The number of hydrogen-bond acceptors (Lipinski definition) is 8. The third-order valence-electron chi connectivity index (χ3n) is 4.34. The zero-order chi connectivity index (χ0) is 22.9. The lowest BCUT2D eigenvalue weighted by Gasteiger charge is -2.10. The molecule has 0 bridgehead atoms. The van der Waals surface area contributed by atoms with Crippen LogP contribution in [0.1, 0.15) is 35.0 Å². The van der Waals surface area contributed by atoms with Crippen LogP contribution in [0.2, 0.25) is 0 Å². The van der Waals surface area contributed by atoms with E-state index < -0.39 is 5.97 Å². The molecule has 2 aromatic carbocycles. The van der Waals surface area contributed by atoms with Gasteiger partial charge in [0.05, 0.1) is 12.0 Å². The lowest BCUT2D eigenvalue weighted by atomic mass is 10.1. The fraction of sp³-hybridized carbons (Fsp3) is 0.261. The average molecular weight is 457 g/mol. The quantitative estimate of drug-likeness (QED) is 0.181. The summed E-state index contributed by atoms with van der Waals surface area (Å²) in [7, 11) is 0. The number of nitrogens with zero attached hydrogens (tertiary/aromatic N) is 2. The van der Waals surface area contributed by atoms with Gasteiger partial charge in [-0.3, -0.25) is 0 Å². The summed E-state index contributed by atoms with van der Waals surface area (Å²) in [6.07, 6.45) is 2.50. The minimum absolute atomic E-state index is 0.00102. The Morgan fingerprint density at radius 1 is 1.19 bits per heavy atom. The minimum atomic E-state index is -1.11. The Morgan fingerprint density at radius 3 is 2.66 bits per heavy atom. The highest BCUT2D eigenvalue weighted by Crippen LogP contribution is 2.27. The second-order valence-corrected chi connectivity index (χ2v) is 7.32. The maximum Gasteiger partial charge on any atom is 0.339 e. The van der Waals surface area contributed by atoms with Gasteiger partial charge in [0.25, 0.3) is 0 Å². The van der Waals surface area contributed by atoms with E-state index in [9.17, 15) is 9.90 Å². The molecule has 3 aromatic rings. The molecule has 0 saturated heterocycles. The van der Waals surface area contributed by atoms with Gasteiger partial charge in [0, 0.05) is 17.9 Å². The van der Waals surface area contributed by atoms with Gasteiger partial charge in [-0.25, -0.2) is 4.79 Å². The molecule has 1 aromatic heterocycles. The number of aromatic nitrogens is 1. The molecule has 1 N–H and O–H groups in total. The molecule has 0 atom stereocenters. The van der Waals surface area contributed by atoms with Crippen molar-refractivity contribution in [1.82, 2.24) is 5.16 Å². The van der Waals surface area contributed by atoms with Crippen LogP contribution in [0, 0.1) is 6.92 Å². The second kappa shape index (κ2) is 11.2. The van der Waals surface area contributed by atoms with Crippen LogP contribution in [0.25, 0.3) is 11.3 Å². The van der Waals surface area contributed by atoms with Crippen LogP contribution in [0.3, 0.4) is 0 Å². The highest BCUT2D eigenvalue weighted by Gasteiger charge is 2.17. The van der Waals surface area contributed by atoms with E-state index in [2.05, 4.69) is 10.3 Å². The molecule has 9 heteroatoms. The Balaban J connectivity index is 1.80. The molecule has 0 saturated carbocycles. The molecular weight excluding hydrogens is 432 g/mol. The number of oxime groups is 1. The van der Waals surface area contributed by atoms with Crippen LogP contribution in [0.5, 0.6) is 11.5 Å². The van der Waals surface area contributed by atoms with Gasteiger partial charge in [0.2, 0.25) is 0 Å². The normalized spacial score (nSPS) is 11.3. The molecular formula is C23H24N2O6S. The van der Waals surface area contributed by atoms with Crippen LogP contribution in [-0.2, 0) is 4.84 Å². The zero-order valence-electron chi connectivity index (χ0n) is 18.0. The van der Waals surface area contributed by atoms with E-state index in [1.165, 1.54) is 6.07 Å². The first-order valence-corrected chi connectivity index (χ1v) is 11.1. The molecule has 1 heterocycles. The van der Waals surface area contributed by atoms with Crippen molar-refractivity contribution in [3.63, 3.8) is 0 Å². The van der Waals surface area contributed by atoms with Gasteiger partial charge in [-0.15, -0.1) is 0 Å². The van der Waals surface area contributed by atoms with Crippen LogP contribution in [0.15, 0.2) is 58.2 Å². The molecule has 168 valence electrons. The molecule has 32 heavy (non-hydrogen) atoms. The average Bonchev–Trinajstić information content (AvgIpc) is 3.27. The van der Waals surface area contributed by atoms with Gasteiger partial charge in [-0.1, -0.05) is 47.1 Å². The van der Waals surface area contributed by atoms with Gasteiger partial charge >= 0.3 is 5.97 Å². The van der Waals surface area contributed by atoms with Crippen LogP contribution < -0.4 is 8.92 Å². The Bertz CT molecular complexity index is 1080. The third kappa shape index (κ3) is 6.04. The van der Waals surface area contributed by atoms with E-state index in [4.69, 9.17) is 18.3 Å². The first-order valence-electron chi connectivity index (χ1n) is 9.95. The summed E-state index contributed by atoms with van der Waals surface area (Å²) in [5.41, 5.74) is 3.12. The number of hydrogen-bond donors (Lipinski definition) is 1. The van der Waals surface area contributed by atoms with Crippen LogP contribution >= 0.6 is 12.0 Å². The lowest BCUT2D eigenvalue weighted by Crippen LogP contribution is -2.14. The second-order valence-electron chi connectivity index (χ2n) is 6.82. The Kier molecular flexibility index (Phi) is 8.15. The summed E-state index contributed by atoms with van der Waals surface area (Å²) in [4.78, 5) is 16.9. The maximum atomic E-state index is 11.5. The summed E-state index contributed by atoms with van der Waals surface area (Å²) in [6.45, 7) is 4.42.